The van der Waals surface area contributed by atoms with Crippen molar-refractivity contribution in [3.05, 3.63) is 60.2 Å². The Balaban J connectivity index is 1.71. The third kappa shape index (κ3) is 3.83. The summed E-state index contributed by atoms with van der Waals surface area (Å²) in [7, 11) is 0. The average Bonchev–Trinajstić information content (AvgIpc) is 2.38. The zero-order valence-corrected chi connectivity index (χ0v) is 9.80. The molecule has 0 aliphatic heterocycles. The molecule has 0 unspecified atom stereocenters. The average molecular weight is 227 g/mol. The largest absolute Gasteiger partial charge is 0.494 e. The van der Waals surface area contributed by atoms with E-state index in [-0.39, 0.29) is 0 Å². The van der Waals surface area contributed by atoms with Gasteiger partial charge in [0.15, 0.2) is 0 Å². The maximum Gasteiger partial charge on any atom is 0.119 e. The predicted octanol–water partition coefficient (Wildman–Crippen LogP) is 3.28. The van der Waals surface area contributed by atoms with Crippen LogP contribution in [-0.2, 0) is 6.42 Å². The van der Waals surface area contributed by atoms with Gasteiger partial charge >= 0.3 is 0 Å². The summed E-state index contributed by atoms with van der Waals surface area (Å²) in [6.07, 6.45) is 2.03. The van der Waals surface area contributed by atoms with Crippen LogP contribution >= 0.6 is 0 Å². The van der Waals surface area contributed by atoms with Crippen LogP contribution < -0.4 is 10.5 Å². The van der Waals surface area contributed by atoms with Crippen molar-refractivity contribution in [3.8, 4) is 5.75 Å². The minimum atomic E-state index is 0.744. The molecule has 0 heterocycles. The highest BCUT2D eigenvalue weighted by Crippen LogP contribution is 2.10. The minimum absolute atomic E-state index is 0.744. The van der Waals surface area contributed by atoms with E-state index < -0.39 is 0 Å². The molecule has 0 radical (unpaired) electrons. The molecule has 0 bridgehead atoms. The number of nitrogens with two attached hydrogens (primary N) is 1. The van der Waals surface area contributed by atoms with Crippen LogP contribution in [0.3, 0.4) is 0 Å². The molecule has 0 fully saturated rings. The molecule has 0 aliphatic rings. The first kappa shape index (κ1) is 11.5. The normalized spacial score (nSPS) is 10.1. The van der Waals surface area contributed by atoms with Crippen molar-refractivity contribution in [2.45, 2.75) is 12.8 Å². The highest BCUT2D eigenvalue weighted by atomic mass is 16.5. The van der Waals surface area contributed by atoms with Crippen LogP contribution in [0.25, 0.3) is 0 Å². The number of rotatable bonds is 5. The van der Waals surface area contributed by atoms with E-state index in [9.17, 15) is 0 Å². The van der Waals surface area contributed by atoms with Gasteiger partial charge in [0.25, 0.3) is 0 Å². The number of aryl methyl sites for hydroxylation is 1. The van der Waals surface area contributed by atoms with Crippen LogP contribution in [-0.4, -0.2) is 6.61 Å². The Kier molecular flexibility index (Phi) is 4.03. The van der Waals surface area contributed by atoms with Crippen LogP contribution in [0.15, 0.2) is 54.6 Å². The van der Waals surface area contributed by atoms with Crippen LogP contribution in [0.5, 0.6) is 5.75 Å². The summed E-state index contributed by atoms with van der Waals surface area (Å²) < 4.78 is 5.63. The lowest BCUT2D eigenvalue weighted by atomic mass is 10.1. The number of hydrogen-bond acceptors (Lipinski definition) is 2. The molecule has 0 saturated heterocycles. The van der Waals surface area contributed by atoms with Crippen LogP contribution in [0, 0.1) is 0 Å². The van der Waals surface area contributed by atoms with Gasteiger partial charge in [-0.1, -0.05) is 30.3 Å². The number of anilines is 1. The Hall–Kier alpha value is -1.96. The van der Waals surface area contributed by atoms with Crippen LogP contribution in [0.1, 0.15) is 12.0 Å². The summed E-state index contributed by atoms with van der Waals surface area (Å²) in [5.41, 5.74) is 7.75. The van der Waals surface area contributed by atoms with Gasteiger partial charge in [-0.2, -0.15) is 0 Å². The van der Waals surface area contributed by atoms with Gasteiger partial charge in [0.2, 0.25) is 0 Å². The first-order valence-corrected chi connectivity index (χ1v) is 5.87. The predicted molar refractivity (Wildman–Crippen MR) is 71.1 cm³/mol. The van der Waals surface area contributed by atoms with Crippen molar-refractivity contribution in [2.24, 2.45) is 0 Å². The Morgan fingerprint density at radius 1 is 0.882 bits per heavy atom. The quantitative estimate of drug-likeness (QED) is 0.628. The lowest BCUT2D eigenvalue weighted by Crippen LogP contribution is -1.99. The molecule has 0 atom stereocenters. The van der Waals surface area contributed by atoms with E-state index in [1.807, 2.05) is 42.5 Å². The van der Waals surface area contributed by atoms with Crippen LogP contribution in [0.2, 0.25) is 0 Å². The molecule has 0 amide bonds. The van der Waals surface area contributed by atoms with Gasteiger partial charge in [-0.05, 0) is 42.7 Å². The smallest absolute Gasteiger partial charge is 0.119 e. The number of hydrogen-bond donors (Lipinski definition) is 1. The van der Waals surface area contributed by atoms with E-state index in [4.69, 9.17) is 10.5 Å². The van der Waals surface area contributed by atoms with Crippen molar-refractivity contribution in [2.75, 3.05) is 12.3 Å². The zero-order valence-electron chi connectivity index (χ0n) is 9.80. The van der Waals surface area contributed by atoms with Crippen molar-refractivity contribution < 1.29 is 4.74 Å². The third-order valence-corrected chi connectivity index (χ3v) is 2.60. The maximum absolute atomic E-state index is 5.63. The third-order valence-electron chi connectivity index (χ3n) is 2.60. The second-order valence-electron chi connectivity index (χ2n) is 4.01. The van der Waals surface area contributed by atoms with Gasteiger partial charge < -0.3 is 10.5 Å². The van der Waals surface area contributed by atoms with Crippen LogP contribution in [0.4, 0.5) is 5.69 Å². The Morgan fingerprint density at radius 2 is 1.59 bits per heavy atom. The zero-order chi connectivity index (χ0) is 11.9. The molecule has 0 spiro atoms. The molecular weight excluding hydrogens is 210 g/mol. The van der Waals surface area contributed by atoms with Crippen molar-refractivity contribution in [1.29, 1.82) is 0 Å². The SMILES string of the molecule is Nc1ccc(CCCOc2ccccc2)cc1. The van der Waals surface area contributed by atoms with Gasteiger partial charge in [-0.15, -0.1) is 0 Å². The fourth-order valence-corrected chi connectivity index (χ4v) is 1.67. The standard InChI is InChI=1S/C15H17NO/c16-14-10-8-13(9-11-14)5-4-12-17-15-6-2-1-3-7-15/h1-3,6-11H,4-5,12,16H2. The first-order chi connectivity index (χ1) is 8.34. The monoisotopic (exact) mass is 227 g/mol. The molecular formula is C15H17NO. The second-order valence-corrected chi connectivity index (χ2v) is 4.01. The fraction of sp³-hybridized carbons (Fsp3) is 0.200. The lowest BCUT2D eigenvalue weighted by Gasteiger charge is -2.06. The summed E-state index contributed by atoms with van der Waals surface area (Å²) in [6.45, 7) is 0.744. The molecule has 2 N–H and O–H groups in total. The van der Waals surface area contributed by atoms with Gasteiger partial charge in [0, 0.05) is 5.69 Å². The van der Waals surface area contributed by atoms with Gasteiger partial charge in [0.1, 0.15) is 5.75 Å². The Bertz CT molecular complexity index is 436. The lowest BCUT2D eigenvalue weighted by molar-refractivity contribution is 0.311. The molecule has 2 aromatic rings. The second kappa shape index (κ2) is 5.94. The van der Waals surface area contributed by atoms with Crippen molar-refractivity contribution in [1.82, 2.24) is 0 Å². The fourth-order valence-electron chi connectivity index (χ4n) is 1.67. The minimum Gasteiger partial charge on any atom is -0.494 e. The van der Waals surface area contributed by atoms with E-state index >= 15 is 0 Å². The molecule has 2 nitrogen and oxygen atoms in total. The molecule has 2 aromatic carbocycles. The number of benzene rings is 2. The van der Waals surface area contributed by atoms with Gasteiger partial charge in [-0.25, -0.2) is 0 Å². The van der Waals surface area contributed by atoms with E-state index in [0.29, 0.717) is 0 Å². The van der Waals surface area contributed by atoms with Crippen molar-refractivity contribution >= 4 is 5.69 Å². The molecule has 0 aliphatic carbocycles. The van der Waals surface area contributed by atoms with Gasteiger partial charge in [-0.3, -0.25) is 0 Å². The molecule has 0 aromatic heterocycles. The number of para-hydroxylation sites is 1. The van der Waals surface area contributed by atoms with E-state index in [2.05, 4.69) is 12.1 Å². The summed E-state index contributed by atoms with van der Waals surface area (Å²) in [5.74, 6) is 0.935. The topological polar surface area (TPSA) is 35.2 Å². The first-order valence-electron chi connectivity index (χ1n) is 5.87. The van der Waals surface area contributed by atoms with E-state index in [0.717, 1.165) is 30.9 Å². The van der Waals surface area contributed by atoms with E-state index in [1.165, 1.54) is 5.56 Å². The number of ether oxygens (including phenoxy) is 1. The Labute approximate surface area is 102 Å². The molecule has 0 saturated carbocycles. The highest BCUT2D eigenvalue weighted by Gasteiger charge is 1.95. The summed E-state index contributed by atoms with van der Waals surface area (Å²) in [6, 6.07) is 17.9. The van der Waals surface area contributed by atoms with Gasteiger partial charge in [0.05, 0.1) is 6.61 Å². The highest BCUT2D eigenvalue weighted by molar-refractivity contribution is 5.39. The Morgan fingerprint density at radius 3 is 2.29 bits per heavy atom. The molecule has 88 valence electrons. The summed E-state index contributed by atoms with van der Waals surface area (Å²) in [4.78, 5) is 0. The summed E-state index contributed by atoms with van der Waals surface area (Å²) >= 11 is 0. The molecule has 2 rings (SSSR count). The number of nitrogen functional groups attached to an aromatic ring is 1. The van der Waals surface area contributed by atoms with Crippen molar-refractivity contribution in [3.63, 3.8) is 0 Å². The van der Waals surface area contributed by atoms with E-state index in [1.54, 1.807) is 0 Å². The summed E-state index contributed by atoms with van der Waals surface area (Å²) in [5, 5.41) is 0. The maximum atomic E-state index is 5.63. The molecule has 17 heavy (non-hydrogen) atoms. The molecule has 2 heteroatoms.